The average molecular weight is 985 g/mol. The minimum Gasteiger partial charge on any atom is -0.544 e. The molecule has 0 aliphatic carbocycles. The number of ether oxygens (including phenoxy) is 6. The van der Waals surface area contributed by atoms with Crippen LogP contribution in [0.3, 0.4) is 0 Å². The molecule has 0 aromatic heterocycles. The third kappa shape index (κ3) is 27.3. The molecule has 0 bridgehead atoms. The number of aliphatic carboxylic acids is 6. The van der Waals surface area contributed by atoms with E-state index in [1.807, 2.05) is 0 Å². The van der Waals surface area contributed by atoms with Crippen molar-refractivity contribution >= 4 is 71.6 Å². The standard InChI is InChI=1S/3C10H13NO8.2Fe.3H3N/c3*12-7(13)3-11(4-8(14)15)5-9(16)18-1-2-19-10(17)6-11;;;;;/h3*1-6H2,(H-,12,13,14,15);;;3*1H3/p-3. The van der Waals surface area contributed by atoms with Crippen molar-refractivity contribution in [2.24, 2.45) is 0 Å². The summed E-state index contributed by atoms with van der Waals surface area (Å²) >= 11 is 0. The van der Waals surface area contributed by atoms with Gasteiger partial charge in [0.25, 0.3) is 0 Å². The number of cyclic esters (lactones) is 6. The molecule has 3 aliphatic rings. The van der Waals surface area contributed by atoms with Gasteiger partial charge in [-0.2, -0.15) is 0 Å². The Balaban J connectivity index is -0.000000252. The summed E-state index contributed by atoms with van der Waals surface area (Å²) in [5.74, 6) is -14.5. The van der Waals surface area contributed by atoms with Crippen molar-refractivity contribution in [1.29, 1.82) is 0 Å². The maximum absolute atomic E-state index is 11.4. The van der Waals surface area contributed by atoms with Gasteiger partial charge in [0.2, 0.25) is 0 Å². The number of quaternary nitrogens is 3. The Labute approximate surface area is 371 Å². The molecule has 0 radical (unpaired) electrons. The van der Waals surface area contributed by atoms with Crippen LogP contribution in [-0.4, -0.2) is 203 Å². The predicted octanol–water partition coefficient (Wildman–Crippen LogP) is -13.3. The van der Waals surface area contributed by atoms with Crippen molar-refractivity contribution in [2.45, 2.75) is 0 Å². The van der Waals surface area contributed by atoms with Crippen molar-refractivity contribution in [3.8, 4) is 0 Å². The van der Waals surface area contributed by atoms with E-state index in [9.17, 15) is 88.2 Å². The molecule has 0 saturated carbocycles. The molecule has 0 aromatic carbocycles. The van der Waals surface area contributed by atoms with E-state index < -0.39 is 164 Å². The van der Waals surface area contributed by atoms with Gasteiger partial charge in [-0.25, -0.2) is 28.8 Å². The topological polar surface area (TPSA) is 504 Å². The summed E-state index contributed by atoms with van der Waals surface area (Å²) in [5, 5.41) is 64.2. The van der Waals surface area contributed by atoms with Crippen LogP contribution in [0, 0.1) is 0 Å². The molecule has 9 N–H and O–H groups in total. The smallest absolute Gasteiger partial charge is 0.361 e. The normalized spacial score (nSPS) is 17.8. The molecule has 0 unspecified atom stereocenters. The second-order valence-corrected chi connectivity index (χ2v) is 12.5. The molecule has 0 amide bonds. The number of carboxylic acid groups (broad SMARTS) is 6. The molecule has 0 spiro atoms. The summed E-state index contributed by atoms with van der Waals surface area (Å²) in [6.45, 7) is -9.52. The summed E-state index contributed by atoms with van der Waals surface area (Å²) in [6, 6.07) is 0. The van der Waals surface area contributed by atoms with Gasteiger partial charge in [0.1, 0.15) is 78.9 Å². The fourth-order valence-corrected chi connectivity index (χ4v) is 5.50. The number of carbonyl (C=O) groups excluding carboxylic acids is 12. The summed E-state index contributed by atoms with van der Waals surface area (Å²) in [4.78, 5) is 133. The van der Waals surface area contributed by atoms with Gasteiger partial charge in [-0.3, -0.25) is 13.4 Å². The van der Waals surface area contributed by atoms with Crippen molar-refractivity contribution < 1.29 is 164 Å². The first-order chi connectivity index (χ1) is 26.5. The van der Waals surface area contributed by atoms with Gasteiger partial charge in [-0.15, -0.1) is 0 Å². The zero-order valence-corrected chi connectivity index (χ0v) is 34.9. The van der Waals surface area contributed by atoms with Gasteiger partial charge < -0.3 is 106 Å². The van der Waals surface area contributed by atoms with E-state index in [1.165, 1.54) is 0 Å². The number of carbonyl (C=O) groups is 12. The van der Waals surface area contributed by atoms with Crippen molar-refractivity contribution in [1.82, 2.24) is 18.5 Å². The number of esters is 6. The van der Waals surface area contributed by atoms with E-state index in [1.54, 1.807) is 0 Å². The van der Waals surface area contributed by atoms with Gasteiger partial charge in [0.05, 0.1) is 35.8 Å². The second-order valence-electron chi connectivity index (χ2n) is 12.5. The molecule has 3 fully saturated rings. The van der Waals surface area contributed by atoms with Crippen LogP contribution in [0.25, 0.3) is 0 Å². The Bertz CT molecular complexity index is 1300. The Kier molecular flexibility index (Phi) is 33.1. The first-order valence-corrected chi connectivity index (χ1v) is 16.2. The second kappa shape index (κ2) is 31.3. The van der Waals surface area contributed by atoms with Gasteiger partial charge in [-0.05, 0) is 0 Å². The van der Waals surface area contributed by atoms with E-state index in [0.717, 1.165) is 0 Å². The minimum absolute atomic E-state index is 0. The first-order valence-electron chi connectivity index (χ1n) is 16.2. The molecule has 0 aromatic rings. The van der Waals surface area contributed by atoms with E-state index in [0.29, 0.717) is 0 Å². The first kappa shape index (κ1) is 65.6. The van der Waals surface area contributed by atoms with E-state index >= 15 is 0 Å². The largest absolute Gasteiger partial charge is 0.544 e. The van der Waals surface area contributed by atoms with E-state index in [-0.39, 0.29) is 92.2 Å². The summed E-state index contributed by atoms with van der Waals surface area (Å²) in [7, 11) is 0. The quantitative estimate of drug-likeness (QED) is 0.0707. The Morgan fingerprint density at radius 2 is 0.435 bits per heavy atom. The zero-order valence-electron chi connectivity index (χ0n) is 32.7. The van der Waals surface area contributed by atoms with Gasteiger partial charge >= 0.3 is 35.8 Å². The SMILES string of the molecule is N.N.N.O=C([O-])C[N+]1(CC(=O)[O-])CC(=O)OCCOC(=O)C1.O=C([O-])C[N+]1(CC(=O)[O-])CC(=O)OCCOC(=O)C1.O=C([O-])C[N+]1(CC(=O)[O-])CC(=O)OCCOC(=O)C1.[Fe].[Fe]. The third-order valence-corrected chi connectivity index (χ3v) is 7.40. The monoisotopic (exact) mass is 985 g/mol. The summed E-state index contributed by atoms with van der Waals surface area (Å²) < 4.78 is 25.4. The fraction of sp³-hybridized carbons (Fsp3) is 0.600. The maximum atomic E-state index is 11.4. The van der Waals surface area contributed by atoms with Crippen LogP contribution >= 0.6 is 0 Å². The number of rotatable bonds is 12. The van der Waals surface area contributed by atoms with Crippen molar-refractivity contribution in [3.63, 3.8) is 0 Å². The Morgan fingerprint density at radius 3 is 0.532 bits per heavy atom. The number of hydrogen-bond donors (Lipinski definition) is 3. The van der Waals surface area contributed by atoms with Crippen LogP contribution in [0.15, 0.2) is 0 Å². The molecule has 32 heteroatoms. The van der Waals surface area contributed by atoms with Gasteiger partial charge in [0.15, 0.2) is 39.3 Å². The van der Waals surface area contributed by atoms with Gasteiger partial charge in [0, 0.05) is 34.1 Å². The van der Waals surface area contributed by atoms with Crippen LogP contribution in [-0.2, 0) is 120 Å². The Hall–Kier alpha value is -5.56. The molecule has 358 valence electrons. The molecule has 0 atom stereocenters. The zero-order chi connectivity index (χ0) is 43.4. The molecule has 3 saturated heterocycles. The number of hydrogen-bond acceptors (Lipinski definition) is 27. The van der Waals surface area contributed by atoms with Crippen LogP contribution < -0.4 is 49.1 Å². The molecular weight excluding hydrogens is 940 g/mol. The molecule has 3 heterocycles. The van der Waals surface area contributed by atoms with Gasteiger partial charge in [-0.1, -0.05) is 0 Å². The van der Waals surface area contributed by atoms with Crippen LogP contribution in [0.1, 0.15) is 0 Å². The number of nitrogens with zero attached hydrogens (tertiary/aromatic N) is 3. The third-order valence-electron chi connectivity index (χ3n) is 7.40. The van der Waals surface area contributed by atoms with E-state index in [2.05, 4.69) is 28.4 Å². The molecule has 3 rings (SSSR count). The summed E-state index contributed by atoms with van der Waals surface area (Å²) in [6.07, 6.45) is 0. The maximum Gasteiger partial charge on any atom is 0.361 e. The average Bonchev–Trinajstić information content (AvgIpc) is 3.15. The Morgan fingerprint density at radius 1 is 0.323 bits per heavy atom. The number of carboxylic acids is 6. The molecule has 30 nitrogen and oxygen atoms in total. The molecule has 3 aliphatic heterocycles. The van der Waals surface area contributed by atoms with E-state index in [4.69, 9.17) is 0 Å². The summed E-state index contributed by atoms with van der Waals surface area (Å²) in [5.41, 5.74) is 0. The fourth-order valence-electron chi connectivity index (χ4n) is 5.50. The van der Waals surface area contributed by atoms with Crippen molar-refractivity contribution in [2.75, 3.05) is 118 Å². The molecule has 62 heavy (non-hydrogen) atoms. The molecular formula is C30H45Fe2N6O24-3. The van der Waals surface area contributed by atoms with Crippen LogP contribution in [0.5, 0.6) is 0 Å². The van der Waals surface area contributed by atoms with Crippen molar-refractivity contribution in [3.05, 3.63) is 0 Å². The predicted molar refractivity (Wildman–Crippen MR) is 170 cm³/mol. The minimum atomic E-state index is -1.60. The van der Waals surface area contributed by atoms with Crippen LogP contribution in [0.2, 0.25) is 0 Å². The van der Waals surface area contributed by atoms with Crippen LogP contribution in [0.4, 0.5) is 0 Å².